The molecule has 0 saturated heterocycles. The molecule has 23 heavy (non-hydrogen) atoms. The minimum Gasteiger partial charge on any atom is -0.493 e. The fourth-order valence-corrected chi connectivity index (χ4v) is 2.15. The van der Waals surface area contributed by atoms with Crippen LogP contribution in [0.3, 0.4) is 0 Å². The smallest absolute Gasteiger partial charge is 0.161 e. The summed E-state index contributed by atoms with van der Waals surface area (Å²) < 4.78 is 24.7. The van der Waals surface area contributed by atoms with Crippen molar-refractivity contribution < 1.29 is 13.9 Å². The fourth-order valence-electron chi connectivity index (χ4n) is 2.15. The molecule has 0 unspecified atom stereocenters. The summed E-state index contributed by atoms with van der Waals surface area (Å²) in [7, 11) is 1.61. The summed E-state index contributed by atoms with van der Waals surface area (Å²) in [5, 5.41) is 3.44. The van der Waals surface area contributed by atoms with Crippen LogP contribution < -0.4 is 14.8 Å². The highest BCUT2D eigenvalue weighted by Crippen LogP contribution is 2.29. The van der Waals surface area contributed by atoms with Gasteiger partial charge < -0.3 is 14.8 Å². The fraction of sp³-hybridized carbons (Fsp3) is 0.368. The van der Waals surface area contributed by atoms with E-state index in [4.69, 9.17) is 9.47 Å². The van der Waals surface area contributed by atoms with Crippen molar-refractivity contribution in [1.29, 1.82) is 0 Å². The summed E-state index contributed by atoms with van der Waals surface area (Å²) in [5.74, 6) is 1.01. The maximum atomic E-state index is 13.6. The average molecular weight is 317 g/mol. The molecule has 1 atom stereocenters. The number of methoxy groups -OCH3 is 1. The van der Waals surface area contributed by atoms with Gasteiger partial charge in [-0.25, -0.2) is 4.39 Å². The molecule has 0 spiro atoms. The number of rotatable bonds is 8. The van der Waals surface area contributed by atoms with Crippen LogP contribution in [0.1, 0.15) is 31.4 Å². The normalized spacial score (nSPS) is 12.0. The monoisotopic (exact) mass is 317 g/mol. The van der Waals surface area contributed by atoms with E-state index in [9.17, 15) is 4.39 Å². The lowest BCUT2D eigenvalue weighted by molar-refractivity contribution is 0.279. The number of nitrogens with one attached hydrogen (secondary N) is 1. The highest BCUT2D eigenvalue weighted by atomic mass is 19.1. The second kappa shape index (κ2) is 8.53. The van der Waals surface area contributed by atoms with Gasteiger partial charge in [0.05, 0.1) is 7.11 Å². The van der Waals surface area contributed by atoms with E-state index in [0.29, 0.717) is 23.1 Å². The Labute approximate surface area is 137 Å². The van der Waals surface area contributed by atoms with Gasteiger partial charge in [-0.3, -0.25) is 0 Å². The largest absolute Gasteiger partial charge is 0.493 e. The quantitative estimate of drug-likeness (QED) is 0.787. The average Bonchev–Trinajstić information content (AvgIpc) is 2.59. The molecule has 0 aliphatic carbocycles. The third-order valence-corrected chi connectivity index (χ3v) is 3.84. The maximum Gasteiger partial charge on any atom is 0.161 e. The molecule has 0 heterocycles. The van der Waals surface area contributed by atoms with Crippen molar-refractivity contribution in [3.8, 4) is 11.5 Å². The summed E-state index contributed by atoms with van der Waals surface area (Å²) in [6, 6.07) is 12.9. The molecule has 0 aromatic heterocycles. The minimum absolute atomic E-state index is 0.174. The molecule has 124 valence electrons. The van der Waals surface area contributed by atoms with Crippen LogP contribution in [0.4, 0.5) is 4.39 Å². The minimum atomic E-state index is -0.263. The van der Waals surface area contributed by atoms with Crippen molar-refractivity contribution in [3.63, 3.8) is 0 Å². The molecule has 0 aliphatic heterocycles. The Morgan fingerprint density at radius 2 is 1.91 bits per heavy atom. The summed E-state index contributed by atoms with van der Waals surface area (Å²) in [6.07, 6.45) is 1.08. The van der Waals surface area contributed by atoms with Crippen molar-refractivity contribution in [2.75, 3.05) is 7.11 Å². The van der Waals surface area contributed by atoms with E-state index >= 15 is 0 Å². The summed E-state index contributed by atoms with van der Waals surface area (Å²) in [5.41, 5.74) is 1.65. The lowest BCUT2D eigenvalue weighted by atomic mass is 10.1. The van der Waals surface area contributed by atoms with Gasteiger partial charge in [-0.05, 0) is 37.1 Å². The molecule has 2 aromatic rings. The molecule has 0 aliphatic rings. The molecule has 1 N–H and O–H groups in total. The number of hydrogen-bond donors (Lipinski definition) is 1. The van der Waals surface area contributed by atoms with Crippen molar-refractivity contribution in [2.45, 2.75) is 39.5 Å². The highest BCUT2D eigenvalue weighted by Gasteiger charge is 2.08. The molecule has 4 heteroatoms. The third-order valence-electron chi connectivity index (χ3n) is 3.84. The first kappa shape index (κ1) is 17.3. The predicted octanol–water partition coefficient (Wildman–Crippen LogP) is 4.30. The lowest BCUT2D eigenvalue weighted by Crippen LogP contribution is -2.24. The number of benzene rings is 2. The Balaban J connectivity index is 2.03. The number of hydrogen-bond acceptors (Lipinski definition) is 3. The van der Waals surface area contributed by atoms with Gasteiger partial charge in [0.15, 0.2) is 11.5 Å². The number of ether oxygens (including phenoxy) is 2. The molecular formula is C19H24FNO2. The molecule has 2 rings (SSSR count). The van der Waals surface area contributed by atoms with E-state index < -0.39 is 0 Å². The second-order valence-electron chi connectivity index (χ2n) is 5.56. The molecular weight excluding hydrogens is 293 g/mol. The van der Waals surface area contributed by atoms with E-state index in [2.05, 4.69) is 19.2 Å². The van der Waals surface area contributed by atoms with E-state index in [0.717, 1.165) is 18.5 Å². The summed E-state index contributed by atoms with van der Waals surface area (Å²) >= 11 is 0. The van der Waals surface area contributed by atoms with Gasteiger partial charge >= 0.3 is 0 Å². The topological polar surface area (TPSA) is 30.5 Å². The maximum absolute atomic E-state index is 13.6. The van der Waals surface area contributed by atoms with Gasteiger partial charge in [-0.1, -0.05) is 31.2 Å². The van der Waals surface area contributed by atoms with Crippen molar-refractivity contribution in [3.05, 3.63) is 59.4 Å². The molecule has 0 radical (unpaired) electrons. The van der Waals surface area contributed by atoms with Gasteiger partial charge in [0.1, 0.15) is 12.4 Å². The van der Waals surface area contributed by atoms with Crippen molar-refractivity contribution in [2.24, 2.45) is 0 Å². The van der Waals surface area contributed by atoms with Crippen LogP contribution in [-0.4, -0.2) is 13.2 Å². The zero-order chi connectivity index (χ0) is 16.7. The Bertz CT molecular complexity index is 631. The van der Waals surface area contributed by atoms with Crippen LogP contribution >= 0.6 is 0 Å². The Hall–Kier alpha value is -2.07. The van der Waals surface area contributed by atoms with Crippen LogP contribution in [0.15, 0.2) is 42.5 Å². The first-order valence-electron chi connectivity index (χ1n) is 7.90. The Kier molecular flexibility index (Phi) is 6.41. The van der Waals surface area contributed by atoms with Gasteiger partial charge in [0.2, 0.25) is 0 Å². The van der Waals surface area contributed by atoms with Gasteiger partial charge in [-0.15, -0.1) is 0 Å². The van der Waals surface area contributed by atoms with Crippen LogP contribution in [0.5, 0.6) is 11.5 Å². The first-order valence-corrected chi connectivity index (χ1v) is 7.90. The number of halogens is 1. The molecule has 0 saturated carbocycles. The first-order chi connectivity index (χ1) is 11.1. The molecule has 3 nitrogen and oxygen atoms in total. The Morgan fingerprint density at radius 1 is 1.13 bits per heavy atom. The standard InChI is InChI=1S/C19H24FNO2/c1-4-14(2)21-12-15-9-10-18(19(11-15)22-3)23-13-16-7-5-6-8-17(16)20/h5-11,14,21H,4,12-13H2,1-3H3/t14-/m0/s1. The van der Waals surface area contributed by atoms with Crippen molar-refractivity contribution >= 4 is 0 Å². The Morgan fingerprint density at radius 3 is 2.61 bits per heavy atom. The third kappa shape index (κ3) is 4.96. The molecule has 0 fully saturated rings. The van der Waals surface area contributed by atoms with Gasteiger partial charge in [0, 0.05) is 18.2 Å². The SMILES string of the molecule is CC[C@H](C)NCc1ccc(OCc2ccccc2F)c(OC)c1. The van der Waals surface area contributed by atoms with Crippen molar-refractivity contribution in [1.82, 2.24) is 5.32 Å². The molecule has 0 bridgehead atoms. The van der Waals surface area contributed by atoms with E-state index in [1.54, 1.807) is 25.3 Å². The van der Waals surface area contributed by atoms with Gasteiger partial charge in [0.25, 0.3) is 0 Å². The highest BCUT2D eigenvalue weighted by molar-refractivity contribution is 5.43. The molecule has 0 amide bonds. The van der Waals surface area contributed by atoms with Gasteiger partial charge in [-0.2, -0.15) is 0 Å². The zero-order valence-corrected chi connectivity index (χ0v) is 13.9. The second-order valence-corrected chi connectivity index (χ2v) is 5.56. The van der Waals surface area contributed by atoms with E-state index in [1.807, 2.05) is 18.2 Å². The zero-order valence-electron chi connectivity index (χ0n) is 13.9. The van der Waals surface area contributed by atoms with Crippen LogP contribution in [0, 0.1) is 5.82 Å². The summed E-state index contributed by atoms with van der Waals surface area (Å²) in [4.78, 5) is 0. The van der Waals surface area contributed by atoms with E-state index in [1.165, 1.54) is 6.07 Å². The van der Waals surface area contributed by atoms with Crippen LogP contribution in [0.2, 0.25) is 0 Å². The molecule has 2 aromatic carbocycles. The van der Waals surface area contributed by atoms with Crippen LogP contribution in [0.25, 0.3) is 0 Å². The lowest BCUT2D eigenvalue weighted by Gasteiger charge is -2.14. The summed E-state index contributed by atoms with van der Waals surface area (Å²) in [6.45, 7) is 5.26. The van der Waals surface area contributed by atoms with Crippen LogP contribution in [-0.2, 0) is 13.2 Å². The predicted molar refractivity (Wildman–Crippen MR) is 90.3 cm³/mol. The van der Waals surface area contributed by atoms with E-state index in [-0.39, 0.29) is 12.4 Å².